The molecule has 4 rings (SSSR count). The highest BCUT2D eigenvalue weighted by Crippen LogP contribution is 2.25. The predicted molar refractivity (Wildman–Crippen MR) is 101 cm³/mol. The molecule has 4 heterocycles. The van der Waals surface area contributed by atoms with Crippen molar-refractivity contribution in [3.8, 4) is 11.4 Å². The zero-order chi connectivity index (χ0) is 17.8. The predicted octanol–water partition coefficient (Wildman–Crippen LogP) is 3.16. The van der Waals surface area contributed by atoms with E-state index in [-0.39, 0.29) is 5.91 Å². The molecule has 0 unspecified atom stereocenters. The number of amides is 1. The zero-order valence-electron chi connectivity index (χ0n) is 15.1. The van der Waals surface area contributed by atoms with Crippen LogP contribution in [0, 0.1) is 0 Å². The van der Waals surface area contributed by atoms with Crippen LogP contribution in [0.15, 0.2) is 30.6 Å². The number of rotatable bonds is 3. The van der Waals surface area contributed by atoms with Gasteiger partial charge >= 0.3 is 0 Å². The Kier molecular flexibility index (Phi) is 5.09. The summed E-state index contributed by atoms with van der Waals surface area (Å²) in [7, 11) is 0. The molecular weight excluding hydrogens is 326 g/mol. The largest absolute Gasteiger partial charge is 0.341 e. The number of pyridine rings is 1. The van der Waals surface area contributed by atoms with Crippen molar-refractivity contribution in [2.75, 3.05) is 31.1 Å². The molecule has 26 heavy (non-hydrogen) atoms. The number of aromatic nitrogens is 3. The summed E-state index contributed by atoms with van der Waals surface area (Å²) in [4.78, 5) is 31.1. The summed E-state index contributed by atoms with van der Waals surface area (Å²) in [5.74, 6) is 0.732. The summed E-state index contributed by atoms with van der Waals surface area (Å²) >= 11 is 0. The molecule has 0 N–H and O–H groups in total. The summed E-state index contributed by atoms with van der Waals surface area (Å²) in [5, 5.41) is 0. The second kappa shape index (κ2) is 7.81. The van der Waals surface area contributed by atoms with Gasteiger partial charge < -0.3 is 9.80 Å². The van der Waals surface area contributed by atoms with E-state index in [0.717, 1.165) is 57.6 Å². The number of carbonyl (C=O) groups excluding carboxylic acids is 1. The van der Waals surface area contributed by atoms with Crippen molar-refractivity contribution in [2.24, 2.45) is 0 Å². The molecule has 1 amide bonds. The maximum atomic E-state index is 13.2. The molecule has 0 aliphatic carbocycles. The fourth-order valence-corrected chi connectivity index (χ4v) is 3.74. The first-order chi connectivity index (χ1) is 12.8. The minimum absolute atomic E-state index is 0.0283. The fraction of sp³-hybridized carbons (Fsp3) is 0.500. The van der Waals surface area contributed by atoms with Gasteiger partial charge in [0.1, 0.15) is 5.69 Å². The molecule has 136 valence electrons. The van der Waals surface area contributed by atoms with Crippen molar-refractivity contribution < 1.29 is 4.79 Å². The van der Waals surface area contributed by atoms with E-state index in [1.165, 1.54) is 12.8 Å². The van der Waals surface area contributed by atoms with E-state index in [0.29, 0.717) is 17.2 Å². The van der Waals surface area contributed by atoms with Crippen molar-refractivity contribution in [3.63, 3.8) is 0 Å². The Morgan fingerprint density at radius 3 is 2.31 bits per heavy atom. The first-order valence-electron chi connectivity index (χ1n) is 9.65. The lowest BCUT2D eigenvalue weighted by molar-refractivity contribution is 0.0761. The Bertz CT molecular complexity index is 750. The van der Waals surface area contributed by atoms with Gasteiger partial charge in [0.25, 0.3) is 5.91 Å². The van der Waals surface area contributed by atoms with Crippen LogP contribution in [-0.4, -0.2) is 51.9 Å². The van der Waals surface area contributed by atoms with Crippen molar-refractivity contribution in [2.45, 2.75) is 38.5 Å². The molecule has 6 heteroatoms. The number of hydrogen-bond donors (Lipinski definition) is 0. The monoisotopic (exact) mass is 351 g/mol. The molecule has 6 nitrogen and oxygen atoms in total. The van der Waals surface area contributed by atoms with E-state index < -0.39 is 0 Å². The molecule has 2 aromatic rings. The molecule has 0 aromatic carbocycles. The van der Waals surface area contributed by atoms with Gasteiger partial charge in [0.15, 0.2) is 0 Å². The third kappa shape index (κ3) is 3.54. The van der Waals surface area contributed by atoms with Gasteiger partial charge in [-0.15, -0.1) is 0 Å². The van der Waals surface area contributed by atoms with Gasteiger partial charge in [0, 0.05) is 38.6 Å². The minimum atomic E-state index is 0.0283. The number of anilines is 1. The van der Waals surface area contributed by atoms with Crippen LogP contribution in [0.3, 0.4) is 0 Å². The average molecular weight is 351 g/mol. The zero-order valence-corrected chi connectivity index (χ0v) is 15.1. The summed E-state index contributed by atoms with van der Waals surface area (Å²) in [6.07, 6.45) is 10.3. The number of nitrogens with zero attached hydrogens (tertiary/aromatic N) is 5. The van der Waals surface area contributed by atoms with Crippen molar-refractivity contribution in [3.05, 3.63) is 36.2 Å². The third-order valence-corrected chi connectivity index (χ3v) is 5.20. The third-order valence-electron chi connectivity index (χ3n) is 5.20. The molecule has 0 atom stereocenters. The van der Waals surface area contributed by atoms with Crippen LogP contribution in [-0.2, 0) is 0 Å². The molecule has 0 spiro atoms. The Labute approximate surface area is 154 Å². The summed E-state index contributed by atoms with van der Waals surface area (Å²) in [5.41, 5.74) is 1.94. The van der Waals surface area contributed by atoms with Crippen molar-refractivity contribution in [1.29, 1.82) is 0 Å². The molecule has 2 aromatic heterocycles. The van der Waals surface area contributed by atoms with Gasteiger partial charge in [-0.05, 0) is 37.8 Å². The molecular formula is C20H25N5O. The smallest absolute Gasteiger partial charge is 0.257 e. The Hall–Kier alpha value is -2.50. The van der Waals surface area contributed by atoms with Gasteiger partial charge in [-0.25, -0.2) is 9.97 Å². The number of carbonyl (C=O) groups is 1. The lowest BCUT2D eigenvalue weighted by atomic mass is 10.1. The Balaban J connectivity index is 1.71. The van der Waals surface area contributed by atoms with E-state index >= 15 is 0 Å². The van der Waals surface area contributed by atoms with Gasteiger partial charge in [-0.1, -0.05) is 18.9 Å². The van der Waals surface area contributed by atoms with Crippen LogP contribution in [0.5, 0.6) is 0 Å². The minimum Gasteiger partial charge on any atom is -0.341 e. The lowest BCUT2D eigenvalue weighted by Crippen LogP contribution is -2.33. The molecule has 2 fully saturated rings. The van der Waals surface area contributed by atoms with Crippen LogP contribution in [0.1, 0.15) is 48.9 Å². The highest BCUT2D eigenvalue weighted by molar-refractivity contribution is 5.99. The topological polar surface area (TPSA) is 62.2 Å². The highest BCUT2D eigenvalue weighted by Gasteiger charge is 2.24. The second-order valence-corrected chi connectivity index (χ2v) is 7.05. The maximum Gasteiger partial charge on any atom is 0.257 e. The maximum absolute atomic E-state index is 13.2. The average Bonchev–Trinajstić information content (AvgIpc) is 3.10. The van der Waals surface area contributed by atoms with Crippen LogP contribution in [0.25, 0.3) is 11.4 Å². The van der Waals surface area contributed by atoms with Gasteiger partial charge in [-0.2, -0.15) is 0 Å². The van der Waals surface area contributed by atoms with Crippen LogP contribution >= 0.6 is 0 Å². The molecule has 2 saturated heterocycles. The molecule has 2 aliphatic rings. The molecule has 0 bridgehead atoms. The van der Waals surface area contributed by atoms with Crippen molar-refractivity contribution >= 4 is 11.9 Å². The fourth-order valence-electron chi connectivity index (χ4n) is 3.74. The Morgan fingerprint density at radius 2 is 1.62 bits per heavy atom. The SMILES string of the molecule is O=C(c1cnc(N2CCCC2)nc1-c1ccccn1)N1CCCCCC1. The van der Waals surface area contributed by atoms with E-state index in [2.05, 4.69) is 14.9 Å². The lowest BCUT2D eigenvalue weighted by Gasteiger charge is -2.22. The van der Waals surface area contributed by atoms with Crippen LogP contribution < -0.4 is 4.90 Å². The van der Waals surface area contributed by atoms with E-state index in [1.807, 2.05) is 23.1 Å². The van der Waals surface area contributed by atoms with E-state index in [1.54, 1.807) is 12.4 Å². The van der Waals surface area contributed by atoms with E-state index in [9.17, 15) is 4.79 Å². The number of hydrogen-bond acceptors (Lipinski definition) is 5. The summed E-state index contributed by atoms with van der Waals surface area (Å²) < 4.78 is 0. The quantitative estimate of drug-likeness (QED) is 0.850. The van der Waals surface area contributed by atoms with Crippen LogP contribution in [0.2, 0.25) is 0 Å². The van der Waals surface area contributed by atoms with Gasteiger partial charge in [-0.3, -0.25) is 9.78 Å². The first kappa shape index (κ1) is 16.9. The number of likely N-dealkylation sites (tertiary alicyclic amines) is 1. The summed E-state index contributed by atoms with van der Waals surface area (Å²) in [6, 6.07) is 5.72. The van der Waals surface area contributed by atoms with E-state index in [4.69, 9.17) is 4.98 Å². The Morgan fingerprint density at radius 1 is 0.885 bits per heavy atom. The first-order valence-corrected chi connectivity index (χ1v) is 9.65. The van der Waals surface area contributed by atoms with Gasteiger partial charge in [0.05, 0.1) is 11.3 Å². The standard InChI is InChI=1S/C20H25N5O/c26-19(24-11-5-1-2-6-12-24)16-15-22-20(25-13-7-8-14-25)23-18(16)17-9-3-4-10-21-17/h3-4,9-10,15H,1-2,5-8,11-14H2. The molecule has 0 saturated carbocycles. The highest BCUT2D eigenvalue weighted by atomic mass is 16.2. The van der Waals surface area contributed by atoms with Crippen LogP contribution in [0.4, 0.5) is 5.95 Å². The van der Waals surface area contributed by atoms with Crippen molar-refractivity contribution in [1.82, 2.24) is 19.9 Å². The molecule has 0 radical (unpaired) electrons. The summed E-state index contributed by atoms with van der Waals surface area (Å²) in [6.45, 7) is 3.57. The normalized spacial score (nSPS) is 18.0. The van der Waals surface area contributed by atoms with Gasteiger partial charge in [0.2, 0.25) is 5.95 Å². The molecule has 2 aliphatic heterocycles. The second-order valence-electron chi connectivity index (χ2n) is 7.05.